The second-order valence-electron chi connectivity index (χ2n) is 4.35. The smallest absolute Gasteiger partial charge is 0.374 e. The molecule has 0 amide bonds. The highest BCUT2D eigenvalue weighted by molar-refractivity contribution is 5.86. The first-order valence-corrected chi connectivity index (χ1v) is 6.23. The molecule has 0 aliphatic rings. The molecule has 0 aliphatic carbocycles. The number of benzene rings is 1. The molecule has 106 valence electrons. The van der Waals surface area contributed by atoms with Gasteiger partial charge in [-0.3, -0.25) is 0 Å². The van der Waals surface area contributed by atoms with E-state index in [4.69, 9.17) is 13.9 Å². The molecule has 1 aromatic heterocycles. The average molecular weight is 276 g/mol. The summed E-state index contributed by atoms with van der Waals surface area (Å²) >= 11 is 0. The van der Waals surface area contributed by atoms with Crippen LogP contribution in [0, 0.1) is 6.92 Å². The highest BCUT2D eigenvalue weighted by atomic mass is 16.6. The van der Waals surface area contributed by atoms with Crippen molar-refractivity contribution < 1.29 is 23.8 Å². The van der Waals surface area contributed by atoms with E-state index >= 15 is 0 Å². The number of esters is 1. The van der Waals surface area contributed by atoms with Crippen LogP contribution in [0.15, 0.2) is 47.1 Å². The molecule has 2 aromatic rings. The van der Waals surface area contributed by atoms with E-state index in [9.17, 15) is 9.90 Å². The third-order valence-electron chi connectivity index (χ3n) is 2.59. The number of hydrogen-bond acceptors (Lipinski definition) is 5. The Balaban J connectivity index is 1.71. The Bertz CT molecular complexity index is 530. The lowest BCUT2D eigenvalue weighted by molar-refractivity contribution is 0.0106. The number of ether oxygens (including phenoxy) is 2. The van der Waals surface area contributed by atoms with E-state index in [0.717, 1.165) is 5.56 Å². The van der Waals surface area contributed by atoms with E-state index < -0.39 is 12.1 Å². The molecule has 1 aromatic carbocycles. The largest absolute Gasteiger partial charge is 0.491 e. The van der Waals surface area contributed by atoms with Crippen LogP contribution in [-0.2, 0) is 4.74 Å². The molecule has 0 aliphatic heterocycles. The van der Waals surface area contributed by atoms with Crippen molar-refractivity contribution in [2.24, 2.45) is 0 Å². The molecule has 20 heavy (non-hydrogen) atoms. The molecular weight excluding hydrogens is 260 g/mol. The van der Waals surface area contributed by atoms with E-state index in [1.165, 1.54) is 12.3 Å². The molecule has 0 spiro atoms. The van der Waals surface area contributed by atoms with E-state index in [-0.39, 0.29) is 19.0 Å². The fourth-order valence-electron chi connectivity index (χ4n) is 1.51. The van der Waals surface area contributed by atoms with Crippen molar-refractivity contribution in [3.05, 3.63) is 54.0 Å². The van der Waals surface area contributed by atoms with Crippen LogP contribution < -0.4 is 4.74 Å². The van der Waals surface area contributed by atoms with Gasteiger partial charge in [-0.25, -0.2) is 4.79 Å². The molecular formula is C15H16O5. The summed E-state index contributed by atoms with van der Waals surface area (Å²) < 4.78 is 15.2. The summed E-state index contributed by atoms with van der Waals surface area (Å²) in [5.74, 6) is 0.160. The highest BCUT2D eigenvalue weighted by Crippen LogP contribution is 2.11. The maximum absolute atomic E-state index is 11.5. The van der Waals surface area contributed by atoms with E-state index in [2.05, 4.69) is 0 Å². The Morgan fingerprint density at radius 3 is 2.65 bits per heavy atom. The van der Waals surface area contributed by atoms with Gasteiger partial charge in [-0.15, -0.1) is 0 Å². The fraction of sp³-hybridized carbons (Fsp3) is 0.267. The Labute approximate surface area is 116 Å². The molecule has 0 saturated carbocycles. The van der Waals surface area contributed by atoms with Crippen molar-refractivity contribution in [3.8, 4) is 5.75 Å². The molecule has 5 nitrogen and oxygen atoms in total. The molecule has 5 heteroatoms. The van der Waals surface area contributed by atoms with Gasteiger partial charge in [-0.2, -0.15) is 0 Å². The van der Waals surface area contributed by atoms with Gasteiger partial charge in [0, 0.05) is 0 Å². The minimum absolute atomic E-state index is 0.0501. The Morgan fingerprint density at radius 2 is 2.00 bits per heavy atom. The standard InChI is InChI=1S/C15H16O5/c1-11-4-6-13(7-5-11)19-9-12(16)10-20-15(17)14-3-2-8-18-14/h2-8,12,16H,9-10H2,1H3. The zero-order chi connectivity index (χ0) is 14.4. The second-order valence-corrected chi connectivity index (χ2v) is 4.35. The van der Waals surface area contributed by atoms with Gasteiger partial charge in [0.05, 0.1) is 6.26 Å². The number of aliphatic hydroxyl groups excluding tert-OH is 1. The van der Waals surface area contributed by atoms with Gasteiger partial charge >= 0.3 is 5.97 Å². The van der Waals surface area contributed by atoms with Crippen molar-refractivity contribution in [1.82, 2.24) is 0 Å². The van der Waals surface area contributed by atoms with Gasteiger partial charge < -0.3 is 19.0 Å². The van der Waals surface area contributed by atoms with Gasteiger partial charge in [-0.1, -0.05) is 17.7 Å². The third kappa shape index (κ3) is 4.13. The van der Waals surface area contributed by atoms with Crippen LogP contribution in [-0.4, -0.2) is 30.4 Å². The zero-order valence-electron chi connectivity index (χ0n) is 11.1. The van der Waals surface area contributed by atoms with Gasteiger partial charge in [0.1, 0.15) is 25.1 Å². The summed E-state index contributed by atoms with van der Waals surface area (Å²) in [6.45, 7) is 1.88. The van der Waals surface area contributed by atoms with Crippen molar-refractivity contribution in [2.45, 2.75) is 13.0 Å². The molecule has 1 unspecified atom stereocenters. The molecule has 1 heterocycles. The first-order chi connectivity index (χ1) is 9.65. The number of furan rings is 1. The minimum Gasteiger partial charge on any atom is -0.491 e. The number of carbonyl (C=O) groups excluding carboxylic acids is 1. The molecule has 1 N–H and O–H groups in total. The normalized spacial score (nSPS) is 11.9. The van der Waals surface area contributed by atoms with Crippen molar-refractivity contribution in [1.29, 1.82) is 0 Å². The Morgan fingerprint density at radius 1 is 1.25 bits per heavy atom. The summed E-state index contributed by atoms with van der Waals surface area (Å²) in [5, 5.41) is 9.68. The molecule has 0 fully saturated rings. The Kier molecular flexibility index (Phi) is 4.79. The lowest BCUT2D eigenvalue weighted by Gasteiger charge is -2.12. The van der Waals surface area contributed by atoms with Crippen LogP contribution in [0.1, 0.15) is 16.1 Å². The van der Waals surface area contributed by atoms with Crippen LogP contribution in [0.2, 0.25) is 0 Å². The summed E-state index contributed by atoms with van der Waals surface area (Å²) in [5.41, 5.74) is 1.13. The van der Waals surface area contributed by atoms with Crippen LogP contribution >= 0.6 is 0 Å². The van der Waals surface area contributed by atoms with Crippen molar-refractivity contribution in [2.75, 3.05) is 13.2 Å². The summed E-state index contributed by atoms with van der Waals surface area (Å²) in [6, 6.07) is 10.6. The average Bonchev–Trinajstić information content (AvgIpc) is 2.98. The van der Waals surface area contributed by atoms with E-state index in [1.807, 2.05) is 31.2 Å². The predicted molar refractivity (Wildman–Crippen MR) is 71.7 cm³/mol. The number of rotatable bonds is 6. The monoisotopic (exact) mass is 276 g/mol. The zero-order valence-corrected chi connectivity index (χ0v) is 11.1. The SMILES string of the molecule is Cc1ccc(OCC(O)COC(=O)c2ccco2)cc1. The predicted octanol–water partition coefficient (Wildman–Crippen LogP) is 2.18. The van der Waals surface area contributed by atoms with Crippen LogP contribution in [0.3, 0.4) is 0 Å². The van der Waals surface area contributed by atoms with Crippen LogP contribution in [0.5, 0.6) is 5.75 Å². The van der Waals surface area contributed by atoms with Crippen LogP contribution in [0.25, 0.3) is 0 Å². The van der Waals surface area contributed by atoms with E-state index in [0.29, 0.717) is 5.75 Å². The number of aliphatic hydroxyl groups is 1. The first-order valence-electron chi connectivity index (χ1n) is 6.23. The highest BCUT2D eigenvalue weighted by Gasteiger charge is 2.13. The molecule has 0 saturated heterocycles. The van der Waals surface area contributed by atoms with Gasteiger partial charge in [0.15, 0.2) is 0 Å². The molecule has 2 rings (SSSR count). The van der Waals surface area contributed by atoms with Gasteiger partial charge in [-0.05, 0) is 31.2 Å². The fourth-order valence-corrected chi connectivity index (χ4v) is 1.51. The Hall–Kier alpha value is -2.27. The summed E-state index contributed by atoms with van der Waals surface area (Å²) in [7, 11) is 0. The molecule has 0 bridgehead atoms. The third-order valence-corrected chi connectivity index (χ3v) is 2.59. The lowest BCUT2D eigenvalue weighted by atomic mass is 10.2. The van der Waals surface area contributed by atoms with Crippen molar-refractivity contribution >= 4 is 5.97 Å². The minimum atomic E-state index is -0.893. The van der Waals surface area contributed by atoms with Crippen LogP contribution in [0.4, 0.5) is 0 Å². The first kappa shape index (κ1) is 14.1. The maximum Gasteiger partial charge on any atom is 0.374 e. The second kappa shape index (κ2) is 6.77. The van der Waals surface area contributed by atoms with Gasteiger partial charge in [0.2, 0.25) is 5.76 Å². The number of hydrogen-bond donors (Lipinski definition) is 1. The van der Waals surface area contributed by atoms with Crippen molar-refractivity contribution in [3.63, 3.8) is 0 Å². The van der Waals surface area contributed by atoms with Gasteiger partial charge in [0.25, 0.3) is 0 Å². The summed E-state index contributed by atoms with van der Waals surface area (Å²) in [6.07, 6.45) is 0.489. The lowest BCUT2D eigenvalue weighted by Crippen LogP contribution is -2.25. The topological polar surface area (TPSA) is 68.9 Å². The number of aryl methyl sites for hydroxylation is 1. The van der Waals surface area contributed by atoms with E-state index in [1.54, 1.807) is 6.07 Å². The summed E-state index contributed by atoms with van der Waals surface area (Å²) in [4.78, 5) is 11.5. The molecule has 0 radical (unpaired) electrons. The quantitative estimate of drug-likeness (QED) is 0.819. The number of carbonyl (C=O) groups is 1. The molecule has 1 atom stereocenters. The maximum atomic E-state index is 11.5.